The molecular formula is C13H23N3O2. The summed E-state index contributed by atoms with van der Waals surface area (Å²) in [7, 11) is 0. The van der Waals surface area contributed by atoms with E-state index in [4.69, 9.17) is 9.26 Å². The summed E-state index contributed by atoms with van der Waals surface area (Å²) >= 11 is 0. The number of ether oxygens (including phenoxy) is 1. The first-order chi connectivity index (χ1) is 8.60. The van der Waals surface area contributed by atoms with Crippen LogP contribution in [0.4, 0.5) is 0 Å². The van der Waals surface area contributed by atoms with E-state index in [1.807, 2.05) is 6.92 Å². The van der Waals surface area contributed by atoms with Gasteiger partial charge in [-0.3, -0.25) is 0 Å². The quantitative estimate of drug-likeness (QED) is 0.870. The molecule has 102 valence electrons. The van der Waals surface area contributed by atoms with E-state index in [-0.39, 0.29) is 5.60 Å². The molecule has 0 aromatic carbocycles. The molecule has 1 atom stereocenters. The zero-order valence-corrected chi connectivity index (χ0v) is 11.5. The van der Waals surface area contributed by atoms with Crippen LogP contribution in [0.15, 0.2) is 4.52 Å². The summed E-state index contributed by atoms with van der Waals surface area (Å²) in [6, 6.07) is 0.478. The van der Waals surface area contributed by atoms with Crippen molar-refractivity contribution in [1.29, 1.82) is 0 Å². The Kier molecular flexibility index (Phi) is 4.35. The molecule has 1 saturated heterocycles. The minimum Gasteiger partial charge on any atom is -0.367 e. The van der Waals surface area contributed by atoms with E-state index in [0.29, 0.717) is 17.8 Å². The van der Waals surface area contributed by atoms with Crippen LogP contribution in [0.3, 0.4) is 0 Å². The summed E-state index contributed by atoms with van der Waals surface area (Å²) in [6.07, 6.45) is 4.02. The fourth-order valence-corrected chi connectivity index (χ4v) is 2.15. The summed E-state index contributed by atoms with van der Waals surface area (Å²) in [5.41, 5.74) is -0.356. The van der Waals surface area contributed by atoms with Gasteiger partial charge in [0.25, 0.3) is 0 Å². The average molecular weight is 253 g/mol. The van der Waals surface area contributed by atoms with Crippen molar-refractivity contribution in [3.63, 3.8) is 0 Å². The summed E-state index contributed by atoms with van der Waals surface area (Å²) < 4.78 is 11.1. The summed E-state index contributed by atoms with van der Waals surface area (Å²) in [5.74, 6) is 1.38. The molecule has 0 spiro atoms. The fourth-order valence-electron chi connectivity index (χ4n) is 2.15. The molecule has 5 nitrogen and oxygen atoms in total. The van der Waals surface area contributed by atoms with Crippen molar-refractivity contribution < 1.29 is 9.26 Å². The zero-order valence-electron chi connectivity index (χ0n) is 11.5. The molecule has 0 aliphatic carbocycles. The number of aromatic nitrogens is 2. The molecule has 1 aromatic heterocycles. The van der Waals surface area contributed by atoms with Gasteiger partial charge in [0.05, 0.1) is 0 Å². The first kappa shape index (κ1) is 13.5. The van der Waals surface area contributed by atoms with Gasteiger partial charge in [-0.05, 0) is 26.2 Å². The second kappa shape index (κ2) is 5.80. The SMILES string of the molecule is CC(C)NCCc1nc(C2(C)CCCCO2)no1. The summed E-state index contributed by atoms with van der Waals surface area (Å²) in [4.78, 5) is 4.46. The van der Waals surface area contributed by atoms with Crippen molar-refractivity contribution in [1.82, 2.24) is 15.5 Å². The van der Waals surface area contributed by atoms with Crippen molar-refractivity contribution in [3.8, 4) is 0 Å². The molecule has 0 bridgehead atoms. The third-order valence-corrected chi connectivity index (χ3v) is 3.30. The van der Waals surface area contributed by atoms with Gasteiger partial charge in [0, 0.05) is 25.6 Å². The minimum absolute atomic E-state index is 0.356. The van der Waals surface area contributed by atoms with E-state index in [9.17, 15) is 0 Å². The van der Waals surface area contributed by atoms with Crippen LogP contribution in [0, 0.1) is 0 Å². The van der Waals surface area contributed by atoms with E-state index in [2.05, 4.69) is 29.3 Å². The predicted molar refractivity (Wildman–Crippen MR) is 68.3 cm³/mol. The topological polar surface area (TPSA) is 60.2 Å². The van der Waals surface area contributed by atoms with E-state index in [1.54, 1.807) is 0 Å². The molecule has 1 fully saturated rings. The second-order valence-electron chi connectivity index (χ2n) is 5.41. The Morgan fingerprint density at radius 1 is 1.39 bits per heavy atom. The molecule has 2 rings (SSSR count). The highest BCUT2D eigenvalue weighted by atomic mass is 16.5. The third-order valence-electron chi connectivity index (χ3n) is 3.30. The van der Waals surface area contributed by atoms with Crippen LogP contribution >= 0.6 is 0 Å². The van der Waals surface area contributed by atoms with Crippen LogP contribution in [-0.2, 0) is 16.8 Å². The van der Waals surface area contributed by atoms with E-state index < -0.39 is 0 Å². The lowest BCUT2D eigenvalue weighted by Gasteiger charge is -2.30. The first-order valence-corrected chi connectivity index (χ1v) is 6.80. The molecule has 18 heavy (non-hydrogen) atoms. The van der Waals surface area contributed by atoms with Gasteiger partial charge in [0.2, 0.25) is 11.7 Å². The highest BCUT2D eigenvalue weighted by molar-refractivity contribution is 5.00. The van der Waals surface area contributed by atoms with E-state index in [1.165, 1.54) is 0 Å². The standard InChI is InChI=1S/C13H23N3O2/c1-10(2)14-8-6-11-15-12(16-18-11)13(3)7-4-5-9-17-13/h10,14H,4-9H2,1-3H3. The van der Waals surface area contributed by atoms with Gasteiger partial charge >= 0.3 is 0 Å². The minimum atomic E-state index is -0.356. The van der Waals surface area contributed by atoms with E-state index >= 15 is 0 Å². The predicted octanol–water partition coefficient (Wildman–Crippen LogP) is 2.03. The Hall–Kier alpha value is -0.940. The van der Waals surface area contributed by atoms with Crippen LogP contribution in [-0.4, -0.2) is 29.3 Å². The number of hydrogen-bond acceptors (Lipinski definition) is 5. The number of rotatable bonds is 5. The van der Waals surface area contributed by atoms with Crippen molar-refractivity contribution >= 4 is 0 Å². The lowest BCUT2D eigenvalue weighted by Crippen LogP contribution is -2.31. The Bertz CT molecular complexity index is 370. The van der Waals surface area contributed by atoms with Gasteiger partial charge in [0.1, 0.15) is 5.60 Å². The molecule has 2 heterocycles. The average Bonchev–Trinajstić information content (AvgIpc) is 2.79. The lowest BCUT2D eigenvalue weighted by atomic mass is 9.95. The maximum absolute atomic E-state index is 5.81. The van der Waals surface area contributed by atoms with Gasteiger partial charge in [0.15, 0.2) is 0 Å². The molecule has 0 radical (unpaired) electrons. The molecule has 1 unspecified atom stereocenters. The summed E-state index contributed by atoms with van der Waals surface area (Å²) in [5, 5.41) is 7.40. The zero-order chi connectivity index (χ0) is 13.0. The van der Waals surface area contributed by atoms with Crippen molar-refractivity contribution in [2.75, 3.05) is 13.2 Å². The largest absolute Gasteiger partial charge is 0.367 e. The summed E-state index contributed by atoms with van der Waals surface area (Å²) in [6.45, 7) is 7.94. The third kappa shape index (κ3) is 3.29. The smallest absolute Gasteiger partial charge is 0.228 e. The molecule has 1 N–H and O–H groups in total. The molecule has 1 aliphatic rings. The van der Waals surface area contributed by atoms with Gasteiger partial charge < -0.3 is 14.6 Å². The fraction of sp³-hybridized carbons (Fsp3) is 0.846. The van der Waals surface area contributed by atoms with Crippen LogP contribution < -0.4 is 5.32 Å². The monoisotopic (exact) mass is 253 g/mol. The first-order valence-electron chi connectivity index (χ1n) is 6.80. The number of nitrogens with one attached hydrogen (secondary N) is 1. The van der Waals surface area contributed by atoms with Crippen molar-refractivity contribution in [3.05, 3.63) is 11.7 Å². The van der Waals surface area contributed by atoms with Crippen LogP contribution in [0.5, 0.6) is 0 Å². The van der Waals surface area contributed by atoms with Crippen LogP contribution in [0.1, 0.15) is 51.7 Å². The van der Waals surface area contributed by atoms with Gasteiger partial charge in [-0.1, -0.05) is 19.0 Å². The molecular weight excluding hydrogens is 230 g/mol. The normalized spacial score (nSPS) is 24.7. The van der Waals surface area contributed by atoms with Crippen LogP contribution in [0.25, 0.3) is 0 Å². The Labute approximate surface area is 108 Å². The van der Waals surface area contributed by atoms with Crippen molar-refractivity contribution in [2.24, 2.45) is 0 Å². The van der Waals surface area contributed by atoms with Gasteiger partial charge in [-0.25, -0.2) is 0 Å². The highest BCUT2D eigenvalue weighted by Gasteiger charge is 2.34. The maximum atomic E-state index is 5.81. The van der Waals surface area contributed by atoms with Gasteiger partial charge in [-0.2, -0.15) is 4.98 Å². The lowest BCUT2D eigenvalue weighted by molar-refractivity contribution is -0.0770. The molecule has 0 amide bonds. The van der Waals surface area contributed by atoms with Crippen LogP contribution in [0.2, 0.25) is 0 Å². The second-order valence-corrected chi connectivity index (χ2v) is 5.41. The number of nitrogens with zero attached hydrogens (tertiary/aromatic N) is 2. The van der Waals surface area contributed by atoms with Gasteiger partial charge in [-0.15, -0.1) is 0 Å². The highest BCUT2D eigenvalue weighted by Crippen LogP contribution is 2.32. The maximum Gasteiger partial charge on any atom is 0.228 e. The molecule has 5 heteroatoms. The Morgan fingerprint density at radius 2 is 2.22 bits per heavy atom. The molecule has 1 aromatic rings. The van der Waals surface area contributed by atoms with E-state index in [0.717, 1.165) is 38.8 Å². The molecule has 0 saturated carbocycles. The molecule has 1 aliphatic heterocycles. The Morgan fingerprint density at radius 3 is 2.89 bits per heavy atom. The number of hydrogen-bond donors (Lipinski definition) is 1. The Balaban J connectivity index is 1.92. The van der Waals surface area contributed by atoms with Crippen molar-refractivity contribution in [2.45, 2.75) is 58.1 Å².